The second kappa shape index (κ2) is 4.04. The third-order valence-corrected chi connectivity index (χ3v) is 2.13. The van der Waals surface area contributed by atoms with Crippen molar-refractivity contribution in [2.45, 2.75) is 13.8 Å². The summed E-state index contributed by atoms with van der Waals surface area (Å²) in [5, 5.41) is 11.1. The van der Waals surface area contributed by atoms with Crippen molar-refractivity contribution < 1.29 is 0 Å². The molecule has 0 aliphatic heterocycles. The van der Waals surface area contributed by atoms with Gasteiger partial charge in [0.05, 0.1) is 5.69 Å². The van der Waals surface area contributed by atoms with Gasteiger partial charge in [-0.3, -0.25) is 0 Å². The van der Waals surface area contributed by atoms with Crippen molar-refractivity contribution in [2.24, 2.45) is 0 Å². The second-order valence-corrected chi connectivity index (χ2v) is 3.32. The van der Waals surface area contributed by atoms with E-state index in [1.54, 1.807) is 11.0 Å². The highest BCUT2D eigenvalue weighted by molar-refractivity contribution is 5.61. The molecule has 2 rings (SSSR count). The Morgan fingerprint density at radius 3 is 2.87 bits per heavy atom. The van der Waals surface area contributed by atoms with Crippen LogP contribution in [-0.2, 0) is 0 Å². The van der Waals surface area contributed by atoms with Gasteiger partial charge in [0.1, 0.15) is 6.33 Å². The first-order valence-electron chi connectivity index (χ1n) is 4.78. The van der Waals surface area contributed by atoms with E-state index in [9.17, 15) is 0 Å². The number of rotatable bonds is 2. The first-order valence-corrected chi connectivity index (χ1v) is 4.78. The van der Waals surface area contributed by atoms with Crippen LogP contribution >= 0.6 is 0 Å². The average Bonchev–Trinajstić information content (AvgIpc) is 2.71. The van der Waals surface area contributed by atoms with Crippen molar-refractivity contribution in [1.29, 1.82) is 0 Å². The molecular formula is C11H12N4. The van der Waals surface area contributed by atoms with Crippen LogP contribution in [0.1, 0.15) is 18.1 Å². The van der Waals surface area contributed by atoms with Crippen LogP contribution in [0.5, 0.6) is 0 Å². The molecule has 0 atom stereocenters. The van der Waals surface area contributed by atoms with Gasteiger partial charge < -0.3 is 0 Å². The highest BCUT2D eigenvalue weighted by Crippen LogP contribution is 2.16. The Morgan fingerprint density at radius 2 is 2.20 bits per heavy atom. The molecule has 2 aromatic rings. The molecule has 0 amide bonds. The summed E-state index contributed by atoms with van der Waals surface area (Å²) in [5.41, 5.74) is 3.33. The Hall–Kier alpha value is -1.97. The number of benzene rings is 1. The summed E-state index contributed by atoms with van der Waals surface area (Å²) in [6.45, 7) is 4.06. The summed E-state index contributed by atoms with van der Waals surface area (Å²) in [7, 11) is 0. The second-order valence-electron chi connectivity index (χ2n) is 3.32. The lowest BCUT2D eigenvalue weighted by molar-refractivity contribution is 0.788. The highest BCUT2D eigenvalue weighted by atomic mass is 15.5. The van der Waals surface area contributed by atoms with Gasteiger partial charge >= 0.3 is 0 Å². The molecule has 0 fully saturated rings. The maximum absolute atomic E-state index is 3.88. The molecule has 0 aliphatic carbocycles. The van der Waals surface area contributed by atoms with Crippen molar-refractivity contribution in [1.82, 2.24) is 20.2 Å². The molecule has 1 heterocycles. The van der Waals surface area contributed by atoms with E-state index >= 15 is 0 Å². The first kappa shape index (κ1) is 9.58. The normalized spacial score (nSPS) is 11.1. The van der Waals surface area contributed by atoms with E-state index in [0.29, 0.717) is 0 Å². The third-order valence-electron chi connectivity index (χ3n) is 2.13. The molecular weight excluding hydrogens is 188 g/mol. The molecule has 1 aromatic carbocycles. The number of aryl methyl sites for hydroxylation is 1. The van der Waals surface area contributed by atoms with Crippen LogP contribution in [0.2, 0.25) is 0 Å². The lowest BCUT2D eigenvalue weighted by atomic mass is 10.1. The van der Waals surface area contributed by atoms with Gasteiger partial charge in [-0.1, -0.05) is 23.8 Å². The standard InChI is InChI=1S/C11H12N4/c1-3-4-10-7-9(2)5-6-11(10)15-8-12-13-14-15/h3-8H,1-2H3. The Labute approximate surface area is 88.2 Å². The molecule has 0 saturated carbocycles. The zero-order valence-corrected chi connectivity index (χ0v) is 8.75. The zero-order chi connectivity index (χ0) is 10.7. The van der Waals surface area contributed by atoms with Crippen LogP contribution in [0.15, 0.2) is 30.6 Å². The fourth-order valence-corrected chi connectivity index (χ4v) is 1.47. The van der Waals surface area contributed by atoms with Crippen LogP contribution < -0.4 is 0 Å². The number of aromatic nitrogens is 4. The van der Waals surface area contributed by atoms with E-state index < -0.39 is 0 Å². The van der Waals surface area contributed by atoms with E-state index in [1.165, 1.54) is 5.56 Å². The van der Waals surface area contributed by atoms with Gasteiger partial charge in [-0.05, 0) is 36.4 Å². The minimum absolute atomic E-state index is 0.990. The highest BCUT2D eigenvalue weighted by Gasteiger charge is 2.03. The number of hydrogen-bond donors (Lipinski definition) is 0. The number of tetrazole rings is 1. The Balaban J connectivity index is 2.56. The van der Waals surface area contributed by atoms with Crippen LogP contribution in [0, 0.1) is 6.92 Å². The fourth-order valence-electron chi connectivity index (χ4n) is 1.47. The molecule has 0 bridgehead atoms. The first-order chi connectivity index (χ1) is 7.31. The van der Waals surface area contributed by atoms with Crippen molar-refractivity contribution in [3.63, 3.8) is 0 Å². The fraction of sp³-hybridized carbons (Fsp3) is 0.182. The molecule has 0 unspecified atom stereocenters. The molecule has 4 nitrogen and oxygen atoms in total. The van der Waals surface area contributed by atoms with Crippen LogP contribution in [0.25, 0.3) is 11.8 Å². The Morgan fingerprint density at radius 1 is 1.33 bits per heavy atom. The van der Waals surface area contributed by atoms with Gasteiger partial charge in [0, 0.05) is 5.56 Å². The number of hydrogen-bond acceptors (Lipinski definition) is 3. The summed E-state index contributed by atoms with van der Waals surface area (Å²) < 4.78 is 1.66. The maximum Gasteiger partial charge on any atom is 0.143 e. The van der Waals surface area contributed by atoms with E-state index in [2.05, 4.69) is 28.5 Å². The van der Waals surface area contributed by atoms with Crippen molar-refractivity contribution in [3.05, 3.63) is 41.7 Å². The predicted octanol–water partition coefficient (Wildman–Crippen LogP) is 2.00. The van der Waals surface area contributed by atoms with Gasteiger partial charge in [-0.15, -0.1) is 5.10 Å². The smallest absolute Gasteiger partial charge is 0.143 e. The van der Waals surface area contributed by atoms with E-state index in [-0.39, 0.29) is 0 Å². The molecule has 15 heavy (non-hydrogen) atoms. The Bertz CT molecular complexity index is 471. The number of nitrogens with zero attached hydrogens (tertiary/aromatic N) is 4. The van der Waals surface area contributed by atoms with Crippen LogP contribution in [-0.4, -0.2) is 20.2 Å². The molecule has 0 spiro atoms. The molecule has 4 heteroatoms. The summed E-state index contributed by atoms with van der Waals surface area (Å²) >= 11 is 0. The topological polar surface area (TPSA) is 43.6 Å². The minimum atomic E-state index is 0.990. The lowest BCUT2D eigenvalue weighted by Crippen LogP contribution is -1.98. The number of allylic oxidation sites excluding steroid dienone is 1. The molecule has 0 saturated heterocycles. The van der Waals surface area contributed by atoms with Gasteiger partial charge in [-0.25, -0.2) is 0 Å². The molecule has 0 aliphatic rings. The van der Waals surface area contributed by atoms with Gasteiger partial charge in [0.15, 0.2) is 0 Å². The zero-order valence-electron chi connectivity index (χ0n) is 8.75. The van der Waals surface area contributed by atoms with E-state index in [1.807, 2.05) is 31.2 Å². The molecule has 1 aromatic heterocycles. The SMILES string of the molecule is CC=Cc1cc(C)ccc1-n1cnnn1. The largest absolute Gasteiger partial charge is 0.200 e. The van der Waals surface area contributed by atoms with Crippen molar-refractivity contribution in [3.8, 4) is 5.69 Å². The third kappa shape index (κ3) is 1.93. The summed E-state index contributed by atoms with van der Waals surface area (Å²) in [6, 6.07) is 6.17. The predicted molar refractivity (Wildman–Crippen MR) is 58.6 cm³/mol. The van der Waals surface area contributed by atoms with E-state index in [0.717, 1.165) is 11.3 Å². The van der Waals surface area contributed by atoms with Gasteiger partial charge in [-0.2, -0.15) is 4.68 Å². The van der Waals surface area contributed by atoms with Gasteiger partial charge in [0.2, 0.25) is 0 Å². The Kier molecular flexibility index (Phi) is 2.58. The molecule has 0 radical (unpaired) electrons. The minimum Gasteiger partial charge on any atom is -0.200 e. The van der Waals surface area contributed by atoms with Crippen molar-refractivity contribution in [2.75, 3.05) is 0 Å². The maximum atomic E-state index is 3.88. The van der Waals surface area contributed by atoms with Crippen LogP contribution in [0.3, 0.4) is 0 Å². The van der Waals surface area contributed by atoms with Crippen LogP contribution in [0.4, 0.5) is 0 Å². The molecule has 0 N–H and O–H groups in total. The monoisotopic (exact) mass is 200 g/mol. The summed E-state index contributed by atoms with van der Waals surface area (Å²) in [6.07, 6.45) is 5.64. The van der Waals surface area contributed by atoms with Crippen molar-refractivity contribution >= 4 is 6.08 Å². The van der Waals surface area contributed by atoms with E-state index in [4.69, 9.17) is 0 Å². The summed E-state index contributed by atoms with van der Waals surface area (Å²) in [5.74, 6) is 0. The lowest BCUT2D eigenvalue weighted by Gasteiger charge is -2.05. The summed E-state index contributed by atoms with van der Waals surface area (Å²) in [4.78, 5) is 0. The quantitative estimate of drug-likeness (QED) is 0.744. The molecule has 76 valence electrons. The van der Waals surface area contributed by atoms with Gasteiger partial charge in [0.25, 0.3) is 0 Å². The average molecular weight is 200 g/mol.